The highest BCUT2D eigenvalue weighted by atomic mass is 19.1. The smallest absolute Gasteiger partial charge is 0.218 e. The van der Waals surface area contributed by atoms with Gasteiger partial charge in [0, 0.05) is 23.9 Å². The second kappa shape index (κ2) is 8.95. The molecule has 0 saturated heterocycles. The molecule has 0 spiro atoms. The summed E-state index contributed by atoms with van der Waals surface area (Å²) in [5.74, 6) is 1.88. The molecule has 0 fully saturated rings. The number of rotatable bonds is 5. The van der Waals surface area contributed by atoms with Gasteiger partial charge in [0.05, 0.1) is 19.4 Å². The lowest BCUT2D eigenvalue weighted by Crippen LogP contribution is -2.36. The predicted octanol–water partition coefficient (Wildman–Crippen LogP) is 4.98. The van der Waals surface area contributed by atoms with Crippen LogP contribution in [-0.4, -0.2) is 31.9 Å². The number of hydrogen-bond donors (Lipinski definition) is 1. The van der Waals surface area contributed by atoms with Crippen LogP contribution in [0.5, 0.6) is 5.75 Å². The topological polar surface area (TPSA) is 46.0 Å². The van der Waals surface area contributed by atoms with Gasteiger partial charge in [0.15, 0.2) is 0 Å². The fraction of sp³-hybridized carbons (Fsp3) is 0.259. The second-order valence-corrected chi connectivity index (χ2v) is 8.31. The molecular formula is C27H26FN3O. The average Bonchev–Trinajstić information content (AvgIpc) is 2.84. The number of ether oxygens (including phenoxy) is 1. The van der Waals surface area contributed by atoms with Gasteiger partial charge in [-0.1, -0.05) is 48.5 Å². The highest BCUT2D eigenvalue weighted by Gasteiger charge is 2.34. The molecule has 0 radical (unpaired) electrons. The molecule has 1 heterocycles. The molecular weight excluding hydrogens is 401 g/mol. The Bertz CT molecular complexity index is 1150. The van der Waals surface area contributed by atoms with Gasteiger partial charge >= 0.3 is 0 Å². The van der Waals surface area contributed by atoms with Crippen LogP contribution in [0.15, 0.2) is 82.8 Å². The number of halogens is 1. The Morgan fingerprint density at radius 1 is 1.00 bits per heavy atom. The summed E-state index contributed by atoms with van der Waals surface area (Å²) in [5, 5.41) is 3.40. The molecule has 2 unspecified atom stereocenters. The van der Waals surface area contributed by atoms with Crippen molar-refractivity contribution in [2.45, 2.75) is 18.8 Å². The van der Waals surface area contributed by atoms with E-state index in [0.717, 1.165) is 43.0 Å². The summed E-state index contributed by atoms with van der Waals surface area (Å²) in [6.45, 7) is 1.49. The van der Waals surface area contributed by atoms with Crippen molar-refractivity contribution in [3.8, 4) is 5.75 Å². The Kier molecular flexibility index (Phi) is 5.71. The Morgan fingerprint density at radius 3 is 2.56 bits per heavy atom. The number of aliphatic imine (C=N–C) groups is 2. The van der Waals surface area contributed by atoms with Crippen LogP contribution >= 0.6 is 0 Å². The van der Waals surface area contributed by atoms with Gasteiger partial charge < -0.3 is 10.1 Å². The summed E-state index contributed by atoms with van der Waals surface area (Å²) < 4.78 is 18.7. The number of nitrogens with one attached hydrogen (secondary N) is 1. The van der Waals surface area contributed by atoms with E-state index in [1.807, 2.05) is 24.3 Å². The molecule has 5 heteroatoms. The third-order valence-electron chi connectivity index (χ3n) is 6.34. The molecule has 3 aromatic carbocycles. The van der Waals surface area contributed by atoms with Crippen LogP contribution in [0.1, 0.15) is 34.6 Å². The van der Waals surface area contributed by atoms with Gasteiger partial charge in [-0.3, -0.25) is 4.99 Å². The SMILES string of the molecule is COc1ccc(CCNC2=NCC3CC(c4ccc(F)cc4)c4ccccc4C3=N2)cc1. The van der Waals surface area contributed by atoms with Crippen molar-refractivity contribution in [1.29, 1.82) is 0 Å². The van der Waals surface area contributed by atoms with Crippen molar-refractivity contribution in [2.75, 3.05) is 20.2 Å². The summed E-state index contributed by atoms with van der Waals surface area (Å²) in [4.78, 5) is 9.65. The highest BCUT2D eigenvalue weighted by molar-refractivity contribution is 6.11. The van der Waals surface area contributed by atoms with Crippen molar-refractivity contribution < 1.29 is 9.13 Å². The number of nitrogens with zero attached hydrogens (tertiary/aromatic N) is 2. The van der Waals surface area contributed by atoms with Crippen molar-refractivity contribution in [3.63, 3.8) is 0 Å². The molecule has 5 rings (SSSR count). The van der Waals surface area contributed by atoms with E-state index in [2.05, 4.69) is 41.7 Å². The van der Waals surface area contributed by atoms with Gasteiger partial charge in [-0.05, 0) is 53.8 Å². The quantitative estimate of drug-likeness (QED) is 0.624. The van der Waals surface area contributed by atoms with Crippen LogP contribution in [0.2, 0.25) is 0 Å². The minimum atomic E-state index is -0.201. The number of methoxy groups -OCH3 is 1. The standard InChI is InChI=1S/C27H26FN3O/c1-32-22-12-6-18(7-13-22)14-15-29-27-30-17-20-16-25(19-8-10-21(28)11-9-19)23-4-2-3-5-24(23)26(20)31-27/h2-13,20,25H,14-17H2,1H3,(H,29,30). The van der Waals surface area contributed by atoms with Crippen molar-refractivity contribution in [3.05, 3.63) is 101 Å². The zero-order valence-electron chi connectivity index (χ0n) is 18.1. The lowest BCUT2D eigenvalue weighted by molar-refractivity contribution is 0.414. The van der Waals surface area contributed by atoms with Crippen LogP contribution in [0, 0.1) is 11.7 Å². The average molecular weight is 428 g/mol. The number of guanidine groups is 1. The fourth-order valence-electron chi connectivity index (χ4n) is 4.65. The van der Waals surface area contributed by atoms with Gasteiger partial charge in [-0.25, -0.2) is 9.38 Å². The number of fused-ring (bicyclic) bond motifs is 3. The maximum Gasteiger partial charge on any atom is 0.218 e. The van der Waals surface area contributed by atoms with Crippen LogP contribution in [0.3, 0.4) is 0 Å². The molecule has 0 saturated carbocycles. The maximum atomic E-state index is 13.5. The Hall–Kier alpha value is -3.47. The second-order valence-electron chi connectivity index (χ2n) is 8.31. The van der Waals surface area contributed by atoms with Crippen LogP contribution in [0.25, 0.3) is 0 Å². The molecule has 162 valence electrons. The molecule has 4 nitrogen and oxygen atoms in total. The van der Waals surface area contributed by atoms with Gasteiger partial charge in [0.1, 0.15) is 11.6 Å². The lowest BCUT2D eigenvalue weighted by atomic mass is 9.72. The summed E-state index contributed by atoms with van der Waals surface area (Å²) in [5.41, 5.74) is 5.94. The van der Waals surface area contributed by atoms with Crippen molar-refractivity contribution in [1.82, 2.24) is 5.32 Å². The summed E-state index contributed by atoms with van der Waals surface area (Å²) in [7, 11) is 1.68. The number of hydrogen-bond acceptors (Lipinski definition) is 4. The van der Waals surface area contributed by atoms with E-state index < -0.39 is 0 Å². The van der Waals surface area contributed by atoms with E-state index in [1.165, 1.54) is 16.7 Å². The van der Waals surface area contributed by atoms with Crippen LogP contribution in [-0.2, 0) is 6.42 Å². The van der Waals surface area contributed by atoms with E-state index in [4.69, 9.17) is 14.7 Å². The Morgan fingerprint density at radius 2 is 1.78 bits per heavy atom. The van der Waals surface area contributed by atoms with Crippen LogP contribution < -0.4 is 10.1 Å². The maximum absolute atomic E-state index is 13.5. The number of benzene rings is 3. The molecule has 0 bridgehead atoms. The highest BCUT2D eigenvalue weighted by Crippen LogP contribution is 2.40. The van der Waals surface area contributed by atoms with Crippen molar-refractivity contribution in [2.24, 2.45) is 15.9 Å². The van der Waals surface area contributed by atoms with E-state index >= 15 is 0 Å². The van der Waals surface area contributed by atoms with Gasteiger partial charge in [0.25, 0.3) is 0 Å². The molecule has 1 aliphatic heterocycles. The summed E-state index contributed by atoms with van der Waals surface area (Å²) >= 11 is 0. The Labute approximate surface area is 187 Å². The molecule has 2 atom stereocenters. The normalized spacial score (nSPS) is 19.3. The first-order valence-electron chi connectivity index (χ1n) is 11.1. The minimum Gasteiger partial charge on any atom is -0.497 e. The monoisotopic (exact) mass is 427 g/mol. The molecule has 32 heavy (non-hydrogen) atoms. The van der Waals surface area contributed by atoms with Crippen molar-refractivity contribution >= 4 is 11.7 Å². The minimum absolute atomic E-state index is 0.201. The molecule has 1 aliphatic carbocycles. The van der Waals surface area contributed by atoms with E-state index in [0.29, 0.717) is 5.96 Å². The van der Waals surface area contributed by atoms with Gasteiger partial charge in [0.2, 0.25) is 5.96 Å². The first kappa shape index (κ1) is 20.4. The molecule has 3 aromatic rings. The molecule has 0 aromatic heterocycles. The first-order valence-corrected chi connectivity index (χ1v) is 11.1. The van der Waals surface area contributed by atoms with E-state index in [-0.39, 0.29) is 17.7 Å². The summed E-state index contributed by atoms with van der Waals surface area (Å²) in [6.07, 6.45) is 1.82. The zero-order valence-corrected chi connectivity index (χ0v) is 18.1. The lowest BCUT2D eigenvalue weighted by Gasteiger charge is -2.34. The predicted molar refractivity (Wildman–Crippen MR) is 126 cm³/mol. The van der Waals surface area contributed by atoms with E-state index in [9.17, 15) is 4.39 Å². The van der Waals surface area contributed by atoms with Crippen LogP contribution in [0.4, 0.5) is 4.39 Å². The fourth-order valence-corrected chi connectivity index (χ4v) is 4.65. The zero-order chi connectivity index (χ0) is 21.9. The molecule has 2 aliphatic rings. The molecule has 0 amide bonds. The summed E-state index contributed by atoms with van der Waals surface area (Å²) in [6, 6.07) is 23.5. The largest absolute Gasteiger partial charge is 0.497 e. The third kappa shape index (κ3) is 4.15. The first-order chi connectivity index (χ1) is 15.7. The van der Waals surface area contributed by atoms with Gasteiger partial charge in [-0.15, -0.1) is 0 Å². The Balaban J connectivity index is 1.32. The van der Waals surface area contributed by atoms with E-state index in [1.54, 1.807) is 19.2 Å². The molecule has 1 N–H and O–H groups in total. The van der Waals surface area contributed by atoms with Gasteiger partial charge in [-0.2, -0.15) is 0 Å². The third-order valence-corrected chi connectivity index (χ3v) is 6.34.